The van der Waals surface area contributed by atoms with Gasteiger partial charge in [0.1, 0.15) is 0 Å². The lowest BCUT2D eigenvalue weighted by atomic mass is 9.88. The van der Waals surface area contributed by atoms with Gasteiger partial charge in [-0.25, -0.2) is 4.79 Å². The number of H-pyrrole nitrogens is 1. The first-order valence-electron chi connectivity index (χ1n) is 15.3. The number of fused-ring (bicyclic) bond motifs is 1. The highest BCUT2D eigenvalue weighted by atomic mass is 16.5. The Balaban J connectivity index is 0.000000792. The van der Waals surface area contributed by atoms with E-state index in [0.29, 0.717) is 24.0 Å². The van der Waals surface area contributed by atoms with Gasteiger partial charge in [0.15, 0.2) is 0 Å². The van der Waals surface area contributed by atoms with Gasteiger partial charge < -0.3 is 9.72 Å². The quantitative estimate of drug-likeness (QED) is 0.194. The van der Waals surface area contributed by atoms with Gasteiger partial charge >= 0.3 is 5.97 Å². The third-order valence-corrected chi connectivity index (χ3v) is 7.89. The van der Waals surface area contributed by atoms with Crippen molar-refractivity contribution in [3.8, 4) is 0 Å². The van der Waals surface area contributed by atoms with E-state index in [0.717, 1.165) is 69.9 Å². The summed E-state index contributed by atoms with van der Waals surface area (Å²) in [6.07, 6.45) is 10.8. The third-order valence-electron chi connectivity index (χ3n) is 7.89. The van der Waals surface area contributed by atoms with Crippen LogP contribution in [0.15, 0.2) is 49.1 Å². The summed E-state index contributed by atoms with van der Waals surface area (Å²) < 4.78 is 5.82. The minimum Gasteiger partial charge on any atom is -0.462 e. The highest BCUT2D eigenvalue weighted by molar-refractivity contribution is 6.09. The van der Waals surface area contributed by atoms with E-state index in [9.17, 15) is 4.79 Å². The number of carbonyl (C=O) groups excluding carboxylic acids is 1. The van der Waals surface area contributed by atoms with Crippen LogP contribution in [0.2, 0.25) is 0 Å². The molecule has 40 heavy (non-hydrogen) atoms. The average Bonchev–Trinajstić information content (AvgIpc) is 3.34. The second kappa shape index (κ2) is 15.0. The molecule has 1 atom stereocenters. The molecule has 0 spiro atoms. The monoisotopic (exact) mass is 542 g/mol. The molecule has 1 aromatic carbocycles. The highest BCUT2D eigenvalue weighted by Gasteiger charge is 2.19. The number of aromatic nitrogens is 2. The van der Waals surface area contributed by atoms with E-state index < -0.39 is 0 Å². The van der Waals surface area contributed by atoms with Gasteiger partial charge in [-0.3, -0.25) is 4.98 Å². The van der Waals surface area contributed by atoms with E-state index in [-0.39, 0.29) is 5.97 Å². The number of pyridine rings is 1. The summed E-state index contributed by atoms with van der Waals surface area (Å²) in [7, 11) is 0. The van der Waals surface area contributed by atoms with Gasteiger partial charge in [0.2, 0.25) is 0 Å². The van der Waals surface area contributed by atoms with Crippen LogP contribution in [0.1, 0.15) is 113 Å². The Morgan fingerprint density at radius 3 is 2.48 bits per heavy atom. The van der Waals surface area contributed by atoms with E-state index in [1.54, 1.807) is 0 Å². The molecular formula is C36H50N2O2. The van der Waals surface area contributed by atoms with Crippen LogP contribution >= 0.6 is 0 Å². The lowest BCUT2D eigenvalue weighted by Gasteiger charge is -2.18. The van der Waals surface area contributed by atoms with Crippen LogP contribution < -0.4 is 0 Å². The van der Waals surface area contributed by atoms with Crippen molar-refractivity contribution in [1.29, 1.82) is 0 Å². The number of nitrogens with zero attached hydrogens (tertiary/aromatic N) is 1. The smallest absolute Gasteiger partial charge is 0.338 e. The maximum Gasteiger partial charge on any atom is 0.338 e. The molecule has 4 heteroatoms. The van der Waals surface area contributed by atoms with Crippen LogP contribution in [0, 0.1) is 24.7 Å². The van der Waals surface area contributed by atoms with Crippen LogP contribution in [0.5, 0.6) is 0 Å². The minimum atomic E-state index is -0.274. The Bertz CT molecular complexity index is 1310. The zero-order chi connectivity index (χ0) is 29.2. The van der Waals surface area contributed by atoms with Crippen molar-refractivity contribution < 1.29 is 9.53 Å². The van der Waals surface area contributed by atoms with E-state index in [1.807, 2.05) is 44.2 Å². The number of ether oxygens (including phenoxy) is 1. The van der Waals surface area contributed by atoms with Crippen molar-refractivity contribution in [2.24, 2.45) is 17.8 Å². The number of rotatable bonds is 11. The summed E-state index contributed by atoms with van der Waals surface area (Å²) in [5.74, 6) is 1.83. The van der Waals surface area contributed by atoms with Crippen molar-refractivity contribution in [3.63, 3.8) is 0 Å². The van der Waals surface area contributed by atoms with Crippen LogP contribution in [0.4, 0.5) is 0 Å². The average molecular weight is 543 g/mol. The minimum absolute atomic E-state index is 0.274. The van der Waals surface area contributed by atoms with Gasteiger partial charge in [-0.05, 0) is 85.9 Å². The Morgan fingerprint density at radius 1 is 1.18 bits per heavy atom. The van der Waals surface area contributed by atoms with Gasteiger partial charge in [-0.2, -0.15) is 0 Å². The molecule has 2 heterocycles. The summed E-state index contributed by atoms with van der Waals surface area (Å²) in [6, 6.07) is 12.0. The predicted octanol–water partition coefficient (Wildman–Crippen LogP) is 9.98. The van der Waals surface area contributed by atoms with Crippen molar-refractivity contribution in [2.45, 2.75) is 93.4 Å². The normalized spacial score (nSPS) is 14.4. The van der Waals surface area contributed by atoms with Gasteiger partial charge in [0, 0.05) is 27.9 Å². The number of hydrogen-bond acceptors (Lipinski definition) is 3. The summed E-state index contributed by atoms with van der Waals surface area (Å²) in [4.78, 5) is 21.4. The first-order valence-corrected chi connectivity index (χ1v) is 15.3. The van der Waals surface area contributed by atoms with E-state index in [1.165, 1.54) is 25.7 Å². The Labute approximate surface area is 242 Å². The molecule has 1 unspecified atom stereocenters. The molecule has 216 valence electrons. The van der Waals surface area contributed by atoms with Crippen LogP contribution in [-0.2, 0) is 11.2 Å². The van der Waals surface area contributed by atoms with Gasteiger partial charge in [-0.1, -0.05) is 85.4 Å². The second-order valence-corrected chi connectivity index (χ2v) is 12.0. The molecule has 1 saturated carbocycles. The van der Waals surface area contributed by atoms with Gasteiger partial charge in [0.05, 0.1) is 17.9 Å². The molecule has 1 fully saturated rings. The predicted molar refractivity (Wildman–Crippen MR) is 170 cm³/mol. The van der Waals surface area contributed by atoms with Crippen molar-refractivity contribution >= 4 is 28.0 Å². The summed E-state index contributed by atoms with van der Waals surface area (Å²) in [6.45, 7) is 19.8. The lowest BCUT2D eigenvalue weighted by molar-refractivity contribution is 0.0444. The molecule has 0 bridgehead atoms. The van der Waals surface area contributed by atoms with Crippen molar-refractivity contribution in [1.82, 2.24) is 9.97 Å². The van der Waals surface area contributed by atoms with Crippen LogP contribution in [0.3, 0.4) is 0 Å². The fourth-order valence-corrected chi connectivity index (χ4v) is 5.04. The Kier molecular flexibility index (Phi) is 11.8. The number of benzene rings is 1. The first kappa shape index (κ1) is 31.4. The molecule has 2 aromatic heterocycles. The SMILES string of the molecule is C=C(/C(=C\C)c1cc(C(=O)OCC(C)CCCC(C)C)c2cc(CC)[nH]c2c1)c1cccc(C)n1.CC1CCC1. The third kappa shape index (κ3) is 8.68. The maximum atomic E-state index is 13.3. The molecule has 1 N–H and O–H groups in total. The van der Waals surface area contributed by atoms with Gasteiger partial charge in [-0.15, -0.1) is 0 Å². The molecule has 1 aliphatic carbocycles. The number of aromatic amines is 1. The number of esters is 1. The maximum absolute atomic E-state index is 13.3. The first-order chi connectivity index (χ1) is 19.1. The summed E-state index contributed by atoms with van der Waals surface area (Å²) in [5.41, 5.74) is 7.10. The molecule has 0 saturated heterocycles. The molecule has 1 aliphatic rings. The van der Waals surface area contributed by atoms with Crippen molar-refractivity contribution in [3.05, 3.63) is 77.3 Å². The highest BCUT2D eigenvalue weighted by Crippen LogP contribution is 2.33. The summed E-state index contributed by atoms with van der Waals surface area (Å²) >= 11 is 0. The molecule has 4 nitrogen and oxygen atoms in total. The molecule has 0 radical (unpaired) electrons. The number of hydrogen-bond donors (Lipinski definition) is 1. The Hall–Kier alpha value is -3.14. The fourth-order valence-electron chi connectivity index (χ4n) is 5.04. The van der Waals surface area contributed by atoms with E-state index in [2.05, 4.69) is 63.3 Å². The topological polar surface area (TPSA) is 55.0 Å². The Morgan fingerprint density at radius 2 is 1.90 bits per heavy atom. The standard InChI is InChI=1S/C31H40N2O2.C5H10/c1-8-25-18-27-28(31(34)35-19-21(5)13-10-12-20(3)4)16-24(17-30(27)33-25)26(9-2)23(7)29-15-11-14-22(6)32-29;1-5-3-2-4-5/h9,11,14-18,20-21,33H,7-8,10,12-13,19H2,1-6H3;5H,2-4H2,1H3/b26-9+;. The lowest BCUT2D eigenvalue weighted by Crippen LogP contribution is -2.13. The number of nitrogens with one attached hydrogen (secondary N) is 1. The zero-order valence-corrected chi connectivity index (χ0v) is 25.9. The van der Waals surface area contributed by atoms with Crippen LogP contribution in [-0.4, -0.2) is 22.5 Å². The van der Waals surface area contributed by atoms with Gasteiger partial charge in [0.25, 0.3) is 0 Å². The number of aryl methyl sites for hydroxylation is 2. The van der Waals surface area contributed by atoms with E-state index >= 15 is 0 Å². The molecule has 4 rings (SSSR count). The molecular weight excluding hydrogens is 492 g/mol. The zero-order valence-electron chi connectivity index (χ0n) is 25.9. The summed E-state index contributed by atoms with van der Waals surface area (Å²) in [5, 5.41) is 0.901. The number of carbonyl (C=O) groups is 1. The second-order valence-electron chi connectivity index (χ2n) is 12.0. The molecule has 0 aliphatic heterocycles. The molecule has 0 amide bonds. The molecule has 3 aromatic rings. The number of allylic oxidation sites excluding steroid dienone is 3. The largest absolute Gasteiger partial charge is 0.462 e. The van der Waals surface area contributed by atoms with Crippen LogP contribution in [0.25, 0.3) is 22.0 Å². The van der Waals surface area contributed by atoms with E-state index in [4.69, 9.17) is 4.74 Å². The van der Waals surface area contributed by atoms with Crippen molar-refractivity contribution in [2.75, 3.05) is 6.61 Å². The fraction of sp³-hybridized carbons (Fsp3) is 0.500.